The molecule has 0 amide bonds. The molecule has 0 bridgehead atoms. The molecule has 16 heavy (non-hydrogen) atoms. The minimum Gasteiger partial charge on any atom is -0.476 e. The fourth-order valence-corrected chi connectivity index (χ4v) is 3.00. The Balaban J connectivity index is 3.23. The zero-order valence-electron chi connectivity index (χ0n) is 9.30. The van der Waals surface area contributed by atoms with Crippen molar-refractivity contribution in [3.05, 3.63) is 29.8 Å². The number of ether oxygens (including phenoxy) is 1. The largest absolute Gasteiger partial charge is 0.476 e. The minimum atomic E-state index is -3.67. The molecule has 0 unspecified atom stereocenters. The zero-order valence-corrected chi connectivity index (χ0v) is 10.9. The molecule has 6 heteroatoms. The molecule has 0 heterocycles. The fourth-order valence-electron chi connectivity index (χ4n) is 1.15. The summed E-state index contributed by atoms with van der Waals surface area (Å²) in [5.41, 5.74) is 0.669. The van der Waals surface area contributed by atoms with E-state index in [-0.39, 0.29) is 10.1 Å². The summed E-state index contributed by atoms with van der Waals surface area (Å²) in [7, 11) is -2.28. The summed E-state index contributed by atoms with van der Waals surface area (Å²) < 4.78 is 32.2. The number of rotatable bonds is 2. The lowest BCUT2D eigenvalue weighted by molar-refractivity contribution is 0.417. The first kappa shape index (κ1) is 13.1. The summed E-state index contributed by atoms with van der Waals surface area (Å²) in [5, 5.41) is 0.128. The van der Waals surface area contributed by atoms with Gasteiger partial charge in [-0.2, -0.15) is 8.42 Å². The third kappa shape index (κ3) is 2.99. The Labute approximate surface area is 99.8 Å². The smallest absolute Gasteiger partial charge is 0.286 e. The molecule has 0 spiro atoms. The van der Waals surface area contributed by atoms with Crippen molar-refractivity contribution in [3.8, 4) is 0 Å². The van der Waals surface area contributed by atoms with Crippen LogP contribution in [-0.2, 0) is 14.8 Å². The molecular weight excluding hydrogens is 246 g/mol. The van der Waals surface area contributed by atoms with Crippen LogP contribution in [0.25, 0.3) is 0 Å². The highest BCUT2D eigenvalue weighted by Crippen LogP contribution is 2.18. The lowest BCUT2D eigenvalue weighted by Gasteiger charge is -2.04. The number of aryl methyl sites for hydroxylation is 1. The van der Waals surface area contributed by atoms with E-state index in [0.29, 0.717) is 5.56 Å². The third-order valence-corrected chi connectivity index (χ3v) is 4.06. The van der Waals surface area contributed by atoms with Crippen molar-refractivity contribution in [1.29, 1.82) is 0 Å². The Bertz CT molecular complexity index is 489. The van der Waals surface area contributed by atoms with Crippen molar-refractivity contribution in [1.82, 2.24) is 0 Å². The first-order valence-corrected chi connectivity index (χ1v) is 7.16. The van der Waals surface area contributed by atoms with Crippen LogP contribution in [0, 0.1) is 6.92 Å². The molecule has 0 aliphatic carbocycles. The van der Waals surface area contributed by atoms with Crippen molar-refractivity contribution in [2.45, 2.75) is 11.8 Å². The Hall–Kier alpha value is -1.01. The van der Waals surface area contributed by atoms with E-state index in [1.165, 1.54) is 13.2 Å². The van der Waals surface area contributed by atoms with Gasteiger partial charge in [-0.3, -0.25) is 0 Å². The molecule has 0 aliphatic heterocycles. The van der Waals surface area contributed by atoms with Gasteiger partial charge in [-0.05, 0) is 24.8 Å². The van der Waals surface area contributed by atoms with Crippen molar-refractivity contribution in [2.24, 2.45) is 4.40 Å². The quantitative estimate of drug-likeness (QED) is 0.602. The lowest BCUT2D eigenvalue weighted by atomic mass is 10.2. The van der Waals surface area contributed by atoms with Gasteiger partial charge in [0.15, 0.2) is 0 Å². The second-order valence-corrected chi connectivity index (χ2v) is 5.34. The van der Waals surface area contributed by atoms with Gasteiger partial charge >= 0.3 is 0 Å². The number of hydrogen-bond donors (Lipinski definition) is 0. The van der Waals surface area contributed by atoms with Crippen molar-refractivity contribution in [3.63, 3.8) is 0 Å². The standard InChI is InChI=1S/C10H13NO3S2/c1-8-6-4-5-7-9(8)16(12,13)11-10(14-2)15-3/h4-7H,1-3H3. The number of nitrogens with zero attached hydrogens (tertiary/aromatic N) is 1. The molecule has 0 fully saturated rings. The summed E-state index contributed by atoms with van der Waals surface area (Å²) in [5.74, 6) is 0. The van der Waals surface area contributed by atoms with Gasteiger partial charge < -0.3 is 4.74 Å². The van der Waals surface area contributed by atoms with Crippen LogP contribution in [0.5, 0.6) is 0 Å². The molecule has 4 nitrogen and oxygen atoms in total. The normalized spacial score (nSPS) is 12.6. The molecular formula is C10H13NO3S2. The van der Waals surface area contributed by atoms with Crippen molar-refractivity contribution >= 4 is 27.0 Å². The number of hydrogen-bond acceptors (Lipinski definition) is 4. The van der Waals surface area contributed by atoms with Crippen LogP contribution in [0.1, 0.15) is 5.56 Å². The van der Waals surface area contributed by atoms with Crippen LogP contribution in [-0.4, -0.2) is 27.0 Å². The molecule has 0 atom stereocenters. The average molecular weight is 259 g/mol. The van der Waals surface area contributed by atoms with Gasteiger partial charge in [0.2, 0.25) is 0 Å². The summed E-state index contributed by atoms with van der Waals surface area (Å²) in [6.45, 7) is 1.73. The maximum atomic E-state index is 11.9. The van der Waals surface area contributed by atoms with Crippen LogP contribution < -0.4 is 0 Å². The van der Waals surface area contributed by atoms with Gasteiger partial charge in [0, 0.05) is 0 Å². The van der Waals surface area contributed by atoms with E-state index in [1.807, 2.05) is 0 Å². The van der Waals surface area contributed by atoms with Crippen LogP contribution in [0.15, 0.2) is 33.6 Å². The van der Waals surface area contributed by atoms with E-state index in [0.717, 1.165) is 11.8 Å². The zero-order chi connectivity index (χ0) is 12.2. The van der Waals surface area contributed by atoms with E-state index in [4.69, 9.17) is 4.74 Å². The van der Waals surface area contributed by atoms with Gasteiger partial charge in [0.25, 0.3) is 15.3 Å². The Morgan fingerprint density at radius 1 is 1.38 bits per heavy atom. The second kappa shape index (κ2) is 5.36. The Morgan fingerprint density at radius 3 is 2.50 bits per heavy atom. The van der Waals surface area contributed by atoms with Gasteiger partial charge in [0.05, 0.1) is 12.0 Å². The molecule has 0 aliphatic rings. The summed E-state index contributed by atoms with van der Waals surface area (Å²) >= 11 is 1.15. The van der Waals surface area contributed by atoms with Gasteiger partial charge in [-0.25, -0.2) is 0 Å². The summed E-state index contributed by atoms with van der Waals surface area (Å²) in [6.07, 6.45) is 1.70. The Kier molecular flexibility index (Phi) is 4.37. The predicted molar refractivity (Wildman–Crippen MR) is 66.3 cm³/mol. The molecule has 88 valence electrons. The molecule has 0 saturated carbocycles. The predicted octanol–water partition coefficient (Wildman–Crippen LogP) is 2.05. The van der Waals surface area contributed by atoms with E-state index in [9.17, 15) is 8.42 Å². The molecule has 0 N–H and O–H groups in total. The maximum Gasteiger partial charge on any atom is 0.286 e. The summed E-state index contributed by atoms with van der Waals surface area (Å²) in [6, 6.07) is 6.71. The van der Waals surface area contributed by atoms with Gasteiger partial charge in [0.1, 0.15) is 0 Å². The maximum absolute atomic E-state index is 11.9. The molecule has 0 saturated heterocycles. The first-order valence-electron chi connectivity index (χ1n) is 4.50. The molecule has 1 rings (SSSR count). The summed E-state index contributed by atoms with van der Waals surface area (Å²) in [4.78, 5) is 0.207. The number of thioether (sulfide) groups is 1. The average Bonchev–Trinajstić information content (AvgIpc) is 2.26. The van der Waals surface area contributed by atoms with Crippen molar-refractivity contribution < 1.29 is 13.2 Å². The number of benzene rings is 1. The topological polar surface area (TPSA) is 55.7 Å². The van der Waals surface area contributed by atoms with E-state index in [1.54, 1.807) is 31.4 Å². The van der Waals surface area contributed by atoms with E-state index < -0.39 is 10.0 Å². The van der Waals surface area contributed by atoms with Crippen LogP contribution in [0.2, 0.25) is 0 Å². The monoisotopic (exact) mass is 259 g/mol. The van der Waals surface area contributed by atoms with Crippen LogP contribution in [0.3, 0.4) is 0 Å². The van der Waals surface area contributed by atoms with Gasteiger partial charge in [-0.1, -0.05) is 30.0 Å². The highest BCUT2D eigenvalue weighted by atomic mass is 32.2. The number of methoxy groups -OCH3 is 1. The second-order valence-electron chi connectivity index (χ2n) is 3.01. The Morgan fingerprint density at radius 2 is 2.00 bits per heavy atom. The van der Waals surface area contributed by atoms with Crippen molar-refractivity contribution in [2.75, 3.05) is 13.4 Å². The highest BCUT2D eigenvalue weighted by Gasteiger charge is 2.16. The van der Waals surface area contributed by atoms with Crippen LogP contribution in [0.4, 0.5) is 0 Å². The number of sulfonamides is 1. The minimum absolute atomic E-state index is 0.128. The first-order chi connectivity index (χ1) is 7.51. The fraction of sp³-hybridized carbons (Fsp3) is 0.300. The van der Waals surface area contributed by atoms with E-state index in [2.05, 4.69) is 4.40 Å². The van der Waals surface area contributed by atoms with Gasteiger partial charge in [-0.15, -0.1) is 4.40 Å². The van der Waals surface area contributed by atoms with Crippen LogP contribution >= 0.6 is 11.8 Å². The lowest BCUT2D eigenvalue weighted by Crippen LogP contribution is -2.04. The molecule has 1 aromatic carbocycles. The molecule has 1 aromatic rings. The molecule has 0 radical (unpaired) electrons. The van der Waals surface area contributed by atoms with E-state index >= 15 is 0 Å². The highest BCUT2D eigenvalue weighted by molar-refractivity contribution is 8.13. The SMILES string of the molecule is COC(=NS(=O)(=O)c1ccccc1C)SC. The third-order valence-electron chi connectivity index (χ3n) is 1.92. The molecule has 0 aromatic heterocycles.